The van der Waals surface area contributed by atoms with Crippen molar-refractivity contribution in [1.82, 2.24) is 20.0 Å². The number of benzene rings is 1. The number of methoxy groups -OCH3 is 1. The Balaban J connectivity index is 1.54. The largest absolute Gasteiger partial charge is 0.383 e. The zero-order valence-corrected chi connectivity index (χ0v) is 18.9. The van der Waals surface area contributed by atoms with Gasteiger partial charge in [-0.25, -0.2) is 0 Å². The van der Waals surface area contributed by atoms with E-state index in [-0.39, 0.29) is 6.10 Å². The van der Waals surface area contributed by atoms with Crippen LogP contribution in [0.15, 0.2) is 35.3 Å². The highest BCUT2D eigenvalue weighted by atomic mass is 16.5. The molecule has 2 saturated heterocycles. The van der Waals surface area contributed by atoms with Crippen molar-refractivity contribution in [2.24, 2.45) is 4.99 Å². The van der Waals surface area contributed by atoms with Crippen LogP contribution in [0, 0.1) is 0 Å². The summed E-state index contributed by atoms with van der Waals surface area (Å²) < 4.78 is 11.3. The summed E-state index contributed by atoms with van der Waals surface area (Å²) in [7, 11) is 3.89. The molecular formula is C23H39N5O2. The molecule has 2 fully saturated rings. The minimum atomic E-state index is 0.256. The first-order chi connectivity index (χ1) is 14.7. The van der Waals surface area contributed by atoms with Crippen LogP contribution in [-0.2, 0) is 16.0 Å². The molecule has 3 rings (SSSR count). The maximum absolute atomic E-state index is 6.14. The number of likely N-dealkylation sites (N-methyl/N-ethyl adjacent to an activating group) is 1. The van der Waals surface area contributed by atoms with Crippen molar-refractivity contribution in [3.63, 3.8) is 0 Å². The molecule has 1 aromatic carbocycles. The standard InChI is InChI=1S/C23H39N5O2/c1-4-24-23(25-11-8-12-26(2)13-15-29-3)28-18-21-22(19-28)30-16-14-27(21)17-20-9-6-5-7-10-20/h5-7,9-10,21-22H,4,8,11-19H2,1-3H3,(H,24,25). The Morgan fingerprint density at radius 3 is 2.87 bits per heavy atom. The fourth-order valence-electron chi connectivity index (χ4n) is 4.26. The van der Waals surface area contributed by atoms with Gasteiger partial charge in [0.05, 0.1) is 25.4 Å². The molecule has 7 nitrogen and oxygen atoms in total. The second-order valence-corrected chi connectivity index (χ2v) is 8.22. The molecule has 0 aromatic heterocycles. The number of likely N-dealkylation sites (tertiary alicyclic amines) is 1. The molecule has 2 aliphatic rings. The molecule has 0 bridgehead atoms. The third kappa shape index (κ3) is 6.67. The third-order valence-electron chi connectivity index (χ3n) is 5.92. The predicted molar refractivity (Wildman–Crippen MR) is 122 cm³/mol. The van der Waals surface area contributed by atoms with Gasteiger partial charge in [-0.3, -0.25) is 9.89 Å². The molecule has 7 heteroatoms. The first kappa shape index (κ1) is 23.0. The Morgan fingerprint density at radius 2 is 2.10 bits per heavy atom. The van der Waals surface area contributed by atoms with Gasteiger partial charge in [0.1, 0.15) is 0 Å². The predicted octanol–water partition coefficient (Wildman–Crippen LogP) is 1.51. The van der Waals surface area contributed by atoms with Crippen molar-refractivity contribution in [3.8, 4) is 0 Å². The fraction of sp³-hybridized carbons (Fsp3) is 0.696. The second-order valence-electron chi connectivity index (χ2n) is 8.22. The van der Waals surface area contributed by atoms with Crippen molar-refractivity contribution in [2.75, 3.05) is 73.2 Å². The first-order valence-electron chi connectivity index (χ1n) is 11.3. The smallest absolute Gasteiger partial charge is 0.194 e. The molecule has 1 aromatic rings. The van der Waals surface area contributed by atoms with Crippen LogP contribution in [0.3, 0.4) is 0 Å². The van der Waals surface area contributed by atoms with Gasteiger partial charge in [-0.05, 0) is 32.5 Å². The van der Waals surface area contributed by atoms with Crippen molar-refractivity contribution in [2.45, 2.75) is 32.0 Å². The highest BCUT2D eigenvalue weighted by Gasteiger charge is 2.41. The number of fused-ring (bicyclic) bond motifs is 1. The van der Waals surface area contributed by atoms with E-state index in [4.69, 9.17) is 14.5 Å². The van der Waals surface area contributed by atoms with Crippen LogP contribution < -0.4 is 5.32 Å². The van der Waals surface area contributed by atoms with E-state index in [9.17, 15) is 0 Å². The average molecular weight is 418 g/mol. The molecule has 0 amide bonds. The number of nitrogens with one attached hydrogen (secondary N) is 1. The van der Waals surface area contributed by atoms with Crippen LogP contribution in [0.4, 0.5) is 0 Å². The number of guanidine groups is 1. The van der Waals surface area contributed by atoms with E-state index in [2.05, 4.69) is 64.3 Å². The van der Waals surface area contributed by atoms with E-state index >= 15 is 0 Å². The van der Waals surface area contributed by atoms with E-state index in [1.54, 1.807) is 7.11 Å². The molecule has 0 aliphatic carbocycles. The monoisotopic (exact) mass is 417 g/mol. The fourth-order valence-corrected chi connectivity index (χ4v) is 4.26. The highest BCUT2D eigenvalue weighted by Crippen LogP contribution is 2.24. The number of morpholine rings is 1. The van der Waals surface area contributed by atoms with Gasteiger partial charge in [-0.2, -0.15) is 0 Å². The van der Waals surface area contributed by atoms with E-state index in [1.165, 1.54) is 5.56 Å². The minimum Gasteiger partial charge on any atom is -0.383 e. The van der Waals surface area contributed by atoms with E-state index in [0.717, 1.165) is 78.0 Å². The third-order valence-corrected chi connectivity index (χ3v) is 5.92. The normalized spacial score (nSPS) is 22.5. The van der Waals surface area contributed by atoms with Gasteiger partial charge in [0.15, 0.2) is 5.96 Å². The molecule has 2 atom stereocenters. The summed E-state index contributed by atoms with van der Waals surface area (Å²) in [6, 6.07) is 11.2. The van der Waals surface area contributed by atoms with Crippen LogP contribution in [0.2, 0.25) is 0 Å². The van der Waals surface area contributed by atoms with Gasteiger partial charge in [0.2, 0.25) is 0 Å². The second kappa shape index (κ2) is 12.2. The van der Waals surface area contributed by atoms with E-state index < -0.39 is 0 Å². The number of rotatable bonds is 10. The minimum absolute atomic E-state index is 0.256. The Hall–Kier alpha value is -1.67. The lowest BCUT2D eigenvalue weighted by Gasteiger charge is -2.36. The summed E-state index contributed by atoms with van der Waals surface area (Å²) in [6.45, 7) is 11.3. The molecular weight excluding hydrogens is 378 g/mol. The molecule has 2 unspecified atom stereocenters. The van der Waals surface area contributed by atoms with Crippen LogP contribution in [-0.4, -0.2) is 106 Å². The summed E-state index contributed by atoms with van der Waals surface area (Å²) >= 11 is 0. The molecule has 30 heavy (non-hydrogen) atoms. The van der Waals surface area contributed by atoms with Crippen LogP contribution in [0.25, 0.3) is 0 Å². The molecule has 1 N–H and O–H groups in total. The maximum Gasteiger partial charge on any atom is 0.194 e. The van der Waals surface area contributed by atoms with Crippen molar-refractivity contribution in [3.05, 3.63) is 35.9 Å². The van der Waals surface area contributed by atoms with Gasteiger partial charge >= 0.3 is 0 Å². The van der Waals surface area contributed by atoms with Crippen LogP contribution >= 0.6 is 0 Å². The topological polar surface area (TPSA) is 52.6 Å². The SMILES string of the molecule is CCNC(=NCCCN(C)CCOC)N1CC2OCCN(Cc3ccccc3)C2C1. The van der Waals surface area contributed by atoms with Crippen molar-refractivity contribution >= 4 is 5.96 Å². The summed E-state index contributed by atoms with van der Waals surface area (Å²) in [6.07, 6.45) is 1.30. The summed E-state index contributed by atoms with van der Waals surface area (Å²) in [5.74, 6) is 1.02. The molecule has 2 heterocycles. The van der Waals surface area contributed by atoms with Crippen LogP contribution in [0.1, 0.15) is 18.9 Å². The Morgan fingerprint density at radius 1 is 1.27 bits per heavy atom. The highest BCUT2D eigenvalue weighted by molar-refractivity contribution is 5.80. The molecule has 0 saturated carbocycles. The van der Waals surface area contributed by atoms with Crippen molar-refractivity contribution in [1.29, 1.82) is 0 Å². The number of hydrogen-bond acceptors (Lipinski definition) is 5. The number of ether oxygens (including phenoxy) is 2. The van der Waals surface area contributed by atoms with E-state index in [0.29, 0.717) is 6.04 Å². The molecule has 0 spiro atoms. The summed E-state index contributed by atoms with van der Waals surface area (Å²) in [5.41, 5.74) is 1.37. The van der Waals surface area contributed by atoms with Gasteiger partial charge in [-0.15, -0.1) is 0 Å². The Kier molecular flexibility index (Phi) is 9.39. The first-order valence-corrected chi connectivity index (χ1v) is 11.3. The molecule has 2 aliphatic heterocycles. The van der Waals surface area contributed by atoms with Gasteiger partial charge in [-0.1, -0.05) is 30.3 Å². The Bertz CT molecular complexity index is 642. The summed E-state index contributed by atoms with van der Waals surface area (Å²) in [5, 5.41) is 3.49. The quantitative estimate of drug-likeness (QED) is 0.354. The molecule has 168 valence electrons. The summed E-state index contributed by atoms with van der Waals surface area (Å²) in [4.78, 5) is 12.2. The number of nitrogens with zero attached hydrogens (tertiary/aromatic N) is 4. The number of aliphatic imine (C=N–C) groups is 1. The van der Waals surface area contributed by atoms with Gasteiger partial charge < -0.3 is 24.6 Å². The average Bonchev–Trinajstić information content (AvgIpc) is 3.20. The molecule has 0 radical (unpaired) electrons. The number of hydrogen-bond donors (Lipinski definition) is 1. The van der Waals surface area contributed by atoms with Crippen LogP contribution in [0.5, 0.6) is 0 Å². The van der Waals surface area contributed by atoms with Gasteiger partial charge in [0.25, 0.3) is 0 Å². The van der Waals surface area contributed by atoms with Crippen molar-refractivity contribution < 1.29 is 9.47 Å². The Labute approximate surface area is 182 Å². The van der Waals surface area contributed by atoms with Gasteiger partial charge in [0, 0.05) is 52.9 Å². The lowest BCUT2D eigenvalue weighted by Crippen LogP contribution is -2.50. The lowest BCUT2D eigenvalue weighted by atomic mass is 10.1. The zero-order valence-electron chi connectivity index (χ0n) is 18.9. The maximum atomic E-state index is 6.14. The zero-order chi connectivity index (χ0) is 21.2. The van der Waals surface area contributed by atoms with E-state index in [1.807, 2.05) is 0 Å². The lowest BCUT2D eigenvalue weighted by molar-refractivity contribution is -0.0502.